The molecule has 1 heterocycles. The zero-order valence-electron chi connectivity index (χ0n) is 9.69. The van der Waals surface area contributed by atoms with Crippen LogP contribution in [0.15, 0.2) is 48.5 Å². The molecule has 2 heteroatoms. The molecule has 18 heavy (non-hydrogen) atoms. The topological polar surface area (TPSA) is 12.5 Å². The van der Waals surface area contributed by atoms with Crippen LogP contribution in [0.25, 0.3) is 21.5 Å². The Balaban J connectivity index is 2.13. The monoisotopic (exact) mass is 254 g/mol. The third kappa shape index (κ3) is 1.59. The minimum absolute atomic E-state index is 0.229. The van der Waals surface area contributed by atoms with Crippen LogP contribution in [-0.2, 0) is 4.74 Å². The second-order valence-electron chi connectivity index (χ2n) is 4.74. The van der Waals surface area contributed by atoms with Crippen molar-refractivity contribution in [3.05, 3.63) is 59.1 Å². The molecule has 0 aromatic heterocycles. The summed E-state index contributed by atoms with van der Waals surface area (Å²) in [4.78, 5) is 0. The van der Waals surface area contributed by atoms with E-state index in [4.69, 9.17) is 16.3 Å². The molecule has 0 aliphatic carbocycles. The molecular weight excluding hydrogens is 244 g/mol. The maximum atomic E-state index is 6.19. The van der Waals surface area contributed by atoms with Gasteiger partial charge in [0, 0.05) is 5.02 Å². The van der Waals surface area contributed by atoms with Crippen LogP contribution in [0.1, 0.15) is 11.7 Å². The normalized spacial score (nSPS) is 18.4. The number of fused-ring (bicyclic) bond motifs is 2. The van der Waals surface area contributed by atoms with Gasteiger partial charge in [-0.1, -0.05) is 35.9 Å². The van der Waals surface area contributed by atoms with Crippen molar-refractivity contribution in [3.8, 4) is 0 Å². The highest BCUT2D eigenvalue weighted by Crippen LogP contribution is 2.38. The first-order valence-corrected chi connectivity index (χ1v) is 6.42. The molecule has 0 radical (unpaired) electrons. The molecule has 0 saturated carbocycles. The van der Waals surface area contributed by atoms with Crippen molar-refractivity contribution in [2.24, 2.45) is 0 Å². The minimum Gasteiger partial charge on any atom is -0.368 e. The Hall–Kier alpha value is -1.57. The maximum Gasteiger partial charge on any atom is 0.107 e. The number of hydrogen-bond donors (Lipinski definition) is 0. The van der Waals surface area contributed by atoms with E-state index in [-0.39, 0.29) is 6.10 Å². The lowest BCUT2D eigenvalue weighted by Crippen LogP contribution is -1.86. The average molecular weight is 255 g/mol. The minimum atomic E-state index is 0.229. The molecule has 0 spiro atoms. The Morgan fingerprint density at radius 2 is 1.67 bits per heavy atom. The highest BCUT2D eigenvalue weighted by atomic mass is 35.5. The molecule has 1 aliphatic rings. The summed E-state index contributed by atoms with van der Waals surface area (Å²) in [6, 6.07) is 16.9. The molecule has 3 aromatic rings. The lowest BCUT2D eigenvalue weighted by molar-refractivity contribution is 0.417. The van der Waals surface area contributed by atoms with Crippen molar-refractivity contribution in [1.82, 2.24) is 0 Å². The van der Waals surface area contributed by atoms with Crippen LogP contribution in [0.4, 0.5) is 0 Å². The first-order valence-electron chi connectivity index (χ1n) is 6.05. The quantitative estimate of drug-likeness (QED) is 0.452. The smallest absolute Gasteiger partial charge is 0.107 e. The third-order valence-corrected chi connectivity index (χ3v) is 3.71. The summed E-state index contributed by atoms with van der Waals surface area (Å²) < 4.78 is 5.41. The van der Waals surface area contributed by atoms with Crippen molar-refractivity contribution in [2.45, 2.75) is 6.10 Å². The molecule has 1 atom stereocenters. The maximum absolute atomic E-state index is 6.19. The first-order chi connectivity index (χ1) is 8.81. The number of ether oxygens (including phenoxy) is 1. The summed E-state index contributed by atoms with van der Waals surface area (Å²) in [7, 11) is 0. The fraction of sp³-hybridized carbons (Fsp3) is 0.125. The van der Waals surface area contributed by atoms with Gasteiger partial charge in [-0.2, -0.15) is 0 Å². The molecule has 0 amide bonds. The molecule has 88 valence electrons. The molecule has 1 saturated heterocycles. The molecule has 3 aromatic carbocycles. The number of epoxide rings is 1. The molecule has 0 N–H and O–H groups in total. The summed E-state index contributed by atoms with van der Waals surface area (Å²) in [6.07, 6.45) is 0.229. The van der Waals surface area contributed by atoms with E-state index in [1.54, 1.807) is 0 Å². The van der Waals surface area contributed by atoms with E-state index < -0.39 is 0 Å². The van der Waals surface area contributed by atoms with E-state index >= 15 is 0 Å². The van der Waals surface area contributed by atoms with E-state index in [1.165, 1.54) is 27.1 Å². The van der Waals surface area contributed by atoms with Gasteiger partial charge in [-0.15, -0.1) is 0 Å². The Morgan fingerprint density at radius 1 is 0.944 bits per heavy atom. The highest BCUT2D eigenvalue weighted by molar-refractivity contribution is 6.31. The van der Waals surface area contributed by atoms with Crippen LogP contribution in [0.2, 0.25) is 5.02 Å². The molecule has 1 fully saturated rings. The summed E-state index contributed by atoms with van der Waals surface area (Å²) in [5.41, 5.74) is 1.21. The van der Waals surface area contributed by atoms with E-state index in [1.807, 2.05) is 12.1 Å². The summed E-state index contributed by atoms with van der Waals surface area (Å²) in [5, 5.41) is 5.72. The molecular formula is C16H11ClO. The first kappa shape index (κ1) is 10.4. The largest absolute Gasteiger partial charge is 0.368 e. The third-order valence-electron chi connectivity index (χ3n) is 3.50. The Kier molecular flexibility index (Phi) is 2.14. The lowest BCUT2D eigenvalue weighted by atomic mass is 9.98. The van der Waals surface area contributed by atoms with E-state index in [0.717, 1.165) is 11.6 Å². The van der Waals surface area contributed by atoms with E-state index in [9.17, 15) is 0 Å². The predicted octanol–water partition coefficient (Wildman–Crippen LogP) is 4.72. The van der Waals surface area contributed by atoms with Gasteiger partial charge in [-0.05, 0) is 51.4 Å². The number of hydrogen-bond acceptors (Lipinski definition) is 1. The van der Waals surface area contributed by atoms with Gasteiger partial charge in [0.2, 0.25) is 0 Å². The van der Waals surface area contributed by atoms with Gasteiger partial charge in [0.05, 0.1) is 6.61 Å². The van der Waals surface area contributed by atoms with Crippen molar-refractivity contribution >= 4 is 33.1 Å². The average Bonchev–Trinajstić information content (AvgIpc) is 3.19. The molecule has 0 bridgehead atoms. The van der Waals surface area contributed by atoms with Crippen LogP contribution in [-0.4, -0.2) is 6.61 Å². The fourth-order valence-corrected chi connectivity index (χ4v) is 2.77. The van der Waals surface area contributed by atoms with Crippen molar-refractivity contribution < 1.29 is 4.74 Å². The van der Waals surface area contributed by atoms with Crippen molar-refractivity contribution in [1.29, 1.82) is 0 Å². The van der Waals surface area contributed by atoms with E-state index in [2.05, 4.69) is 36.4 Å². The second kappa shape index (κ2) is 3.71. The zero-order valence-corrected chi connectivity index (χ0v) is 10.4. The van der Waals surface area contributed by atoms with Gasteiger partial charge in [0.25, 0.3) is 0 Å². The molecule has 1 nitrogen and oxygen atoms in total. The van der Waals surface area contributed by atoms with Crippen molar-refractivity contribution in [2.75, 3.05) is 6.61 Å². The van der Waals surface area contributed by atoms with E-state index in [0.29, 0.717) is 0 Å². The van der Waals surface area contributed by atoms with Gasteiger partial charge in [0.15, 0.2) is 0 Å². The van der Waals surface area contributed by atoms with Gasteiger partial charge in [-0.3, -0.25) is 0 Å². The zero-order chi connectivity index (χ0) is 12.1. The summed E-state index contributed by atoms with van der Waals surface area (Å²) in [5.74, 6) is 0. The van der Waals surface area contributed by atoms with Crippen molar-refractivity contribution in [3.63, 3.8) is 0 Å². The number of halogens is 1. The lowest BCUT2D eigenvalue weighted by Gasteiger charge is -2.07. The summed E-state index contributed by atoms with van der Waals surface area (Å²) >= 11 is 6.19. The Bertz CT molecular complexity index is 759. The highest BCUT2D eigenvalue weighted by Gasteiger charge is 2.27. The number of rotatable bonds is 1. The number of benzene rings is 3. The standard InChI is InChI=1S/C16H11ClO/c17-13-6-12-5-10-3-1-2-4-11(10)7-14(12)15(8-13)16-9-18-16/h1-8,16H,9H2/t16-/m0/s1. The van der Waals surface area contributed by atoms with Gasteiger partial charge < -0.3 is 4.74 Å². The Labute approximate surface area is 110 Å². The van der Waals surface area contributed by atoms with Crippen LogP contribution in [0, 0.1) is 0 Å². The molecule has 0 unspecified atom stereocenters. The van der Waals surface area contributed by atoms with Gasteiger partial charge >= 0.3 is 0 Å². The van der Waals surface area contributed by atoms with Gasteiger partial charge in [0.1, 0.15) is 6.10 Å². The van der Waals surface area contributed by atoms with Gasteiger partial charge in [-0.25, -0.2) is 0 Å². The van der Waals surface area contributed by atoms with Crippen LogP contribution >= 0.6 is 11.6 Å². The molecule has 4 rings (SSSR count). The second-order valence-corrected chi connectivity index (χ2v) is 5.17. The predicted molar refractivity (Wildman–Crippen MR) is 75.2 cm³/mol. The Morgan fingerprint density at radius 3 is 2.39 bits per heavy atom. The fourth-order valence-electron chi connectivity index (χ4n) is 2.54. The SMILES string of the molecule is Clc1cc([C@@H]2CO2)c2cc3ccccc3cc2c1. The molecule has 1 aliphatic heterocycles. The van der Waals surface area contributed by atoms with Crippen LogP contribution in [0.3, 0.4) is 0 Å². The van der Waals surface area contributed by atoms with Crippen LogP contribution < -0.4 is 0 Å². The summed E-state index contributed by atoms with van der Waals surface area (Å²) in [6.45, 7) is 0.808. The van der Waals surface area contributed by atoms with Crippen LogP contribution in [0.5, 0.6) is 0 Å².